The fourth-order valence-corrected chi connectivity index (χ4v) is 1.72. The number of ether oxygens (including phenoxy) is 1. The SMILES string of the molecule is CC1(C)CCC(OC(=O)CN)CC1. The second kappa shape index (κ2) is 4.09. The van der Waals surface area contributed by atoms with Gasteiger partial charge in [-0.1, -0.05) is 13.8 Å². The Hall–Kier alpha value is -0.570. The Kier molecular flexibility index (Phi) is 3.31. The van der Waals surface area contributed by atoms with Gasteiger partial charge in [-0.2, -0.15) is 0 Å². The van der Waals surface area contributed by atoms with Gasteiger partial charge in [-0.3, -0.25) is 4.79 Å². The monoisotopic (exact) mass is 185 g/mol. The normalized spacial score (nSPS) is 22.7. The van der Waals surface area contributed by atoms with Crippen molar-refractivity contribution in [3.8, 4) is 0 Å². The minimum Gasteiger partial charge on any atom is -0.461 e. The summed E-state index contributed by atoms with van der Waals surface area (Å²) in [6.07, 6.45) is 4.35. The van der Waals surface area contributed by atoms with E-state index in [2.05, 4.69) is 13.8 Å². The molecule has 13 heavy (non-hydrogen) atoms. The molecule has 0 spiro atoms. The molecule has 0 amide bonds. The highest BCUT2D eigenvalue weighted by molar-refractivity contribution is 5.71. The van der Waals surface area contributed by atoms with Crippen LogP contribution in [0, 0.1) is 5.41 Å². The first-order chi connectivity index (χ1) is 6.03. The van der Waals surface area contributed by atoms with E-state index in [1.165, 1.54) is 0 Å². The maximum Gasteiger partial charge on any atom is 0.319 e. The molecular formula is C10H19NO2. The Balaban J connectivity index is 2.29. The van der Waals surface area contributed by atoms with Gasteiger partial charge >= 0.3 is 5.97 Å². The van der Waals surface area contributed by atoms with Crippen molar-refractivity contribution in [3.63, 3.8) is 0 Å². The maximum atomic E-state index is 10.9. The van der Waals surface area contributed by atoms with Crippen LogP contribution in [0.25, 0.3) is 0 Å². The summed E-state index contributed by atoms with van der Waals surface area (Å²) >= 11 is 0. The summed E-state index contributed by atoms with van der Waals surface area (Å²) in [6.45, 7) is 4.52. The van der Waals surface area contributed by atoms with Crippen LogP contribution in [0.5, 0.6) is 0 Å². The summed E-state index contributed by atoms with van der Waals surface area (Å²) in [4.78, 5) is 10.9. The molecule has 3 heteroatoms. The molecule has 0 aromatic rings. The second-order valence-electron chi connectivity index (χ2n) is 4.56. The molecule has 0 heterocycles. The molecule has 1 fully saturated rings. The molecule has 0 radical (unpaired) electrons. The molecule has 1 aliphatic carbocycles. The van der Waals surface area contributed by atoms with Gasteiger partial charge in [0.25, 0.3) is 0 Å². The zero-order valence-electron chi connectivity index (χ0n) is 8.51. The lowest BCUT2D eigenvalue weighted by Crippen LogP contribution is -2.30. The van der Waals surface area contributed by atoms with Crippen molar-refractivity contribution >= 4 is 5.97 Å². The summed E-state index contributed by atoms with van der Waals surface area (Å²) in [5, 5.41) is 0. The second-order valence-corrected chi connectivity index (χ2v) is 4.56. The first-order valence-corrected chi connectivity index (χ1v) is 4.93. The molecule has 0 bridgehead atoms. The number of carbonyl (C=O) groups excluding carboxylic acids is 1. The molecule has 1 rings (SSSR count). The smallest absolute Gasteiger partial charge is 0.319 e. The highest BCUT2D eigenvalue weighted by Crippen LogP contribution is 2.36. The predicted octanol–water partition coefficient (Wildman–Crippen LogP) is 1.46. The molecule has 76 valence electrons. The van der Waals surface area contributed by atoms with E-state index in [4.69, 9.17) is 10.5 Å². The quantitative estimate of drug-likeness (QED) is 0.662. The zero-order valence-corrected chi connectivity index (χ0v) is 8.51. The van der Waals surface area contributed by atoms with E-state index in [1.54, 1.807) is 0 Å². The minimum atomic E-state index is -0.273. The highest BCUT2D eigenvalue weighted by Gasteiger charge is 2.28. The average molecular weight is 185 g/mol. The van der Waals surface area contributed by atoms with Gasteiger partial charge < -0.3 is 10.5 Å². The van der Waals surface area contributed by atoms with Gasteiger partial charge in [-0.25, -0.2) is 0 Å². The Bertz CT molecular complexity index is 179. The van der Waals surface area contributed by atoms with Gasteiger partial charge in [0.05, 0.1) is 6.54 Å². The summed E-state index contributed by atoms with van der Waals surface area (Å²) in [5.41, 5.74) is 5.59. The lowest BCUT2D eigenvalue weighted by atomic mass is 9.76. The van der Waals surface area contributed by atoms with Gasteiger partial charge in [0.1, 0.15) is 6.10 Å². The van der Waals surface area contributed by atoms with Crippen molar-refractivity contribution in [1.29, 1.82) is 0 Å². The number of nitrogens with two attached hydrogens (primary N) is 1. The molecule has 0 unspecified atom stereocenters. The standard InChI is InChI=1S/C10H19NO2/c1-10(2)5-3-8(4-6-10)13-9(12)7-11/h8H,3-7,11H2,1-2H3. The summed E-state index contributed by atoms with van der Waals surface area (Å²) < 4.78 is 5.17. The fraction of sp³-hybridized carbons (Fsp3) is 0.900. The largest absolute Gasteiger partial charge is 0.461 e. The first-order valence-electron chi connectivity index (χ1n) is 4.93. The molecule has 0 aromatic heterocycles. The molecule has 2 N–H and O–H groups in total. The number of rotatable bonds is 2. The maximum absolute atomic E-state index is 10.9. The number of carbonyl (C=O) groups is 1. The molecule has 3 nitrogen and oxygen atoms in total. The Morgan fingerprint density at radius 3 is 2.46 bits per heavy atom. The molecule has 0 aromatic carbocycles. The van der Waals surface area contributed by atoms with E-state index in [0.717, 1.165) is 25.7 Å². The lowest BCUT2D eigenvalue weighted by Gasteiger charge is -2.33. The van der Waals surface area contributed by atoms with Crippen LogP contribution in [0.15, 0.2) is 0 Å². The van der Waals surface area contributed by atoms with Crippen molar-refractivity contribution < 1.29 is 9.53 Å². The Morgan fingerprint density at radius 2 is 2.00 bits per heavy atom. The number of hydrogen-bond donors (Lipinski definition) is 1. The van der Waals surface area contributed by atoms with E-state index in [9.17, 15) is 4.79 Å². The molecule has 0 saturated heterocycles. The van der Waals surface area contributed by atoms with Gasteiger partial charge in [-0.05, 0) is 31.1 Å². The van der Waals surface area contributed by atoms with Gasteiger partial charge in [0, 0.05) is 0 Å². The van der Waals surface area contributed by atoms with Gasteiger partial charge in [-0.15, -0.1) is 0 Å². The van der Waals surface area contributed by atoms with Crippen LogP contribution in [0.4, 0.5) is 0 Å². The van der Waals surface area contributed by atoms with Gasteiger partial charge in [0.2, 0.25) is 0 Å². The number of hydrogen-bond acceptors (Lipinski definition) is 3. The minimum absolute atomic E-state index is 0.000106. The highest BCUT2D eigenvalue weighted by atomic mass is 16.5. The van der Waals surface area contributed by atoms with Crippen LogP contribution in [-0.4, -0.2) is 18.6 Å². The van der Waals surface area contributed by atoms with Crippen molar-refractivity contribution in [2.75, 3.05) is 6.54 Å². The Morgan fingerprint density at radius 1 is 1.46 bits per heavy atom. The summed E-state index contributed by atoms with van der Waals surface area (Å²) in [6, 6.07) is 0. The topological polar surface area (TPSA) is 52.3 Å². The third-order valence-electron chi connectivity index (χ3n) is 2.75. The van der Waals surface area contributed by atoms with E-state index >= 15 is 0 Å². The summed E-state index contributed by atoms with van der Waals surface area (Å²) in [7, 11) is 0. The third kappa shape index (κ3) is 3.35. The number of esters is 1. The van der Waals surface area contributed by atoms with Crippen molar-refractivity contribution in [1.82, 2.24) is 0 Å². The lowest BCUT2D eigenvalue weighted by molar-refractivity contribution is -0.149. The van der Waals surface area contributed by atoms with E-state index < -0.39 is 0 Å². The molecule has 0 aliphatic heterocycles. The average Bonchev–Trinajstić information content (AvgIpc) is 2.08. The van der Waals surface area contributed by atoms with Gasteiger partial charge in [0.15, 0.2) is 0 Å². The molecular weight excluding hydrogens is 166 g/mol. The third-order valence-corrected chi connectivity index (χ3v) is 2.75. The van der Waals surface area contributed by atoms with E-state index in [1.807, 2.05) is 0 Å². The van der Waals surface area contributed by atoms with Crippen LogP contribution < -0.4 is 5.73 Å². The molecule has 1 aliphatic rings. The van der Waals surface area contributed by atoms with Crippen molar-refractivity contribution in [3.05, 3.63) is 0 Å². The summed E-state index contributed by atoms with van der Waals surface area (Å²) in [5.74, 6) is -0.273. The van der Waals surface area contributed by atoms with Crippen LogP contribution in [-0.2, 0) is 9.53 Å². The molecule has 1 saturated carbocycles. The Labute approximate surface area is 79.6 Å². The van der Waals surface area contributed by atoms with E-state index in [0.29, 0.717) is 5.41 Å². The first kappa shape index (κ1) is 10.5. The van der Waals surface area contributed by atoms with Crippen LogP contribution in [0.1, 0.15) is 39.5 Å². The zero-order chi connectivity index (χ0) is 9.90. The van der Waals surface area contributed by atoms with E-state index in [-0.39, 0.29) is 18.6 Å². The van der Waals surface area contributed by atoms with Crippen LogP contribution in [0.3, 0.4) is 0 Å². The van der Waals surface area contributed by atoms with Crippen LogP contribution >= 0.6 is 0 Å². The fourth-order valence-electron chi connectivity index (χ4n) is 1.72. The predicted molar refractivity (Wildman–Crippen MR) is 51.2 cm³/mol. The van der Waals surface area contributed by atoms with Crippen LogP contribution in [0.2, 0.25) is 0 Å². The molecule has 0 atom stereocenters. The van der Waals surface area contributed by atoms with Crippen molar-refractivity contribution in [2.24, 2.45) is 11.1 Å². The van der Waals surface area contributed by atoms with Crippen molar-refractivity contribution in [2.45, 2.75) is 45.6 Å².